The quantitative estimate of drug-likeness (QED) is 0.603. The van der Waals surface area contributed by atoms with Crippen LogP contribution in [0.3, 0.4) is 0 Å². The number of hydrogen-bond donors (Lipinski definition) is 1. The fraction of sp³-hybridized carbons (Fsp3) is 0.500. The van der Waals surface area contributed by atoms with E-state index in [0.717, 1.165) is 0 Å². The molecule has 0 unspecified atom stereocenters. The van der Waals surface area contributed by atoms with Crippen molar-refractivity contribution in [1.82, 2.24) is 15.4 Å². The Kier molecular flexibility index (Phi) is 1.38. The molecule has 3 nitrogen and oxygen atoms in total. The summed E-state index contributed by atoms with van der Waals surface area (Å²) in [6.45, 7) is 1.24. The summed E-state index contributed by atoms with van der Waals surface area (Å²) in [5, 5.41) is 8.04. The molecule has 0 saturated heterocycles. The van der Waals surface area contributed by atoms with Crippen LogP contribution in [0.25, 0.3) is 0 Å². The van der Waals surface area contributed by atoms with Crippen molar-refractivity contribution in [3.8, 4) is 0 Å². The van der Waals surface area contributed by atoms with Crippen LogP contribution in [0.1, 0.15) is 11.4 Å². The molecule has 0 radical (unpaired) electrons. The van der Waals surface area contributed by atoms with Gasteiger partial charge in [0.25, 0.3) is 0 Å². The maximum Gasteiger partial charge on any atom is 0.437 e. The standard InChI is InChI=1S/C4H4F3N3/c1-2-3(4(5,6)7)9-10-8-2/h1H3,(H,8,9,10). The molecule has 10 heavy (non-hydrogen) atoms. The maximum absolute atomic E-state index is 11.8. The van der Waals surface area contributed by atoms with Crippen molar-refractivity contribution in [3.63, 3.8) is 0 Å². The SMILES string of the molecule is Cc1n[nH]nc1C(F)(F)F. The van der Waals surface area contributed by atoms with Gasteiger partial charge in [-0.1, -0.05) is 0 Å². The molecule has 6 heteroatoms. The first-order chi connectivity index (χ1) is 4.52. The first kappa shape index (κ1) is 7.04. The second-order valence-electron chi connectivity index (χ2n) is 1.76. The summed E-state index contributed by atoms with van der Waals surface area (Å²) in [4.78, 5) is 0. The van der Waals surface area contributed by atoms with E-state index in [1.807, 2.05) is 5.21 Å². The van der Waals surface area contributed by atoms with Crippen molar-refractivity contribution in [2.75, 3.05) is 0 Å². The lowest BCUT2D eigenvalue weighted by atomic mass is 10.3. The molecule has 0 bridgehead atoms. The fourth-order valence-corrected chi connectivity index (χ4v) is 0.552. The monoisotopic (exact) mass is 151 g/mol. The number of aromatic nitrogens is 3. The zero-order chi connectivity index (χ0) is 7.78. The highest BCUT2D eigenvalue weighted by atomic mass is 19.4. The van der Waals surface area contributed by atoms with Crippen LogP contribution in [-0.4, -0.2) is 15.4 Å². The highest BCUT2D eigenvalue weighted by molar-refractivity contribution is 5.09. The second-order valence-corrected chi connectivity index (χ2v) is 1.76. The second kappa shape index (κ2) is 1.96. The third-order valence-corrected chi connectivity index (χ3v) is 0.991. The van der Waals surface area contributed by atoms with Gasteiger partial charge in [-0.05, 0) is 6.92 Å². The Morgan fingerprint density at radius 3 is 2.10 bits per heavy atom. The molecule has 0 aliphatic rings. The Labute approximate surface area is 54.2 Å². The summed E-state index contributed by atoms with van der Waals surface area (Å²) in [5.41, 5.74) is -1.08. The summed E-state index contributed by atoms with van der Waals surface area (Å²) in [5.74, 6) is 0. The first-order valence-electron chi connectivity index (χ1n) is 2.46. The minimum absolute atomic E-state index is 0.132. The molecular formula is C4H4F3N3. The van der Waals surface area contributed by atoms with Crippen LogP contribution in [0.15, 0.2) is 0 Å². The summed E-state index contributed by atoms with van der Waals surface area (Å²) >= 11 is 0. The molecular weight excluding hydrogens is 147 g/mol. The van der Waals surface area contributed by atoms with E-state index in [1.165, 1.54) is 6.92 Å². The molecule has 0 aromatic carbocycles. The summed E-state index contributed by atoms with van der Waals surface area (Å²) in [6.07, 6.45) is -4.39. The molecule has 0 aliphatic carbocycles. The van der Waals surface area contributed by atoms with Gasteiger partial charge in [-0.25, -0.2) is 0 Å². The van der Waals surface area contributed by atoms with E-state index in [0.29, 0.717) is 0 Å². The average molecular weight is 151 g/mol. The van der Waals surface area contributed by atoms with E-state index in [-0.39, 0.29) is 5.69 Å². The summed E-state index contributed by atoms with van der Waals surface area (Å²) < 4.78 is 35.3. The van der Waals surface area contributed by atoms with Crippen LogP contribution >= 0.6 is 0 Å². The van der Waals surface area contributed by atoms with Crippen molar-refractivity contribution in [1.29, 1.82) is 0 Å². The van der Waals surface area contributed by atoms with E-state index in [1.54, 1.807) is 0 Å². The highest BCUT2D eigenvalue weighted by Crippen LogP contribution is 2.28. The number of nitrogens with zero attached hydrogens (tertiary/aromatic N) is 2. The summed E-state index contributed by atoms with van der Waals surface area (Å²) in [6, 6.07) is 0. The van der Waals surface area contributed by atoms with E-state index >= 15 is 0 Å². The molecule has 0 saturated carbocycles. The van der Waals surface area contributed by atoms with Crippen molar-refractivity contribution in [2.24, 2.45) is 0 Å². The average Bonchev–Trinajstić information content (AvgIpc) is 2.11. The number of aromatic amines is 1. The van der Waals surface area contributed by atoms with Gasteiger partial charge in [-0.15, -0.1) is 0 Å². The van der Waals surface area contributed by atoms with E-state index in [2.05, 4.69) is 10.2 Å². The van der Waals surface area contributed by atoms with E-state index < -0.39 is 11.9 Å². The van der Waals surface area contributed by atoms with Crippen LogP contribution in [0.2, 0.25) is 0 Å². The molecule has 1 rings (SSSR count). The predicted molar refractivity (Wildman–Crippen MR) is 26.1 cm³/mol. The number of H-pyrrole nitrogens is 1. The van der Waals surface area contributed by atoms with Gasteiger partial charge in [-0.3, -0.25) is 0 Å². The largest absolute Gasteiger partial charge is 0.437 e. The Hall–Kier alpha value is -1.07. The van der Waals surface area contributed by atoms with Gasteiger partial charge < -0.3 is 0 Å². The number of alkyl halides is 3. The molecule has 0 atom stereocenters. The van der Waals surface area contributed by atoms with Crippen molar-refractivity contribution in [2.45, 2.75) is 13.1 Å². The summed E-state index contributed by atoms with van der Waals surface area (Å²) in [7, 11) is 0. The van der Waals surface area contributed by atoms with Gasteiger partial charge in [-0.2, -0.15) is 28.6 Å². The van der Waals surface area contributed by atoms with Crippen molar-refractivity contribution < 1.29 is 13.2 Å². The van der Waals surface area contributed by atoms with Crippen LogP contribution < -0.4 is 0 Å². The lowest BCUT2D eigenvalue weighted by Gasteiger charge is -1.99. The minimum atomic E-state index is -4.39. The third-order valence-electron chi connectivity index (χ3n) is 0.991. The lowest BCUT2D eigenvalue weighted by molar-refractivity contribution is -0.141. The highest BCUT2D eigenvalue weighted by Gasteiger charge is 2.35. The first-order valence-corrected chi connectivity index (χ1v) is 2.46. The van der Waals surface area contributed by atoms with E-state index in [9.17, 15) is 13.2 Å². The Bertz CT molecular complexity index is 226. The van der Waals surface area contributed by atoms with Gasteiger partial charge in [0.2, 0.25) is 0 Å². The zero-order valence-corrected chi connectivity index (χ0v) is 5.03. The fourth-order valence-electron chi connectivity index (χ4n) is 0.552. The number of halogens is 3. The van der Waals surface area contributed by atoms with Gasteiger partial charge in [0.05, 0.1) is 5.69 Å². The number of rotatable bonds is 0. The zero-order valence-electron chi connectivity index (χ0n) is 5.03. The third kappa shape index (κ3) is 1.09. The van der Waals surface area contributed by atoms with Gasteiger partial charge in [0.1, 0.15) is 0 Å². The predicted octanol–water partition coefficient (Wildman–Crippen LogP) is 1.13. The molecule has 56 valence electrons. The Balaban J connectivity index is 3.05. The molecule has 0 amide bonds. The molecule has 0 fully saturated rings. The van der Waals surface area contributed by atoms with Crippen LogP contribution in [0.5, 0.6) is 0 Å². The van der Waals surface area contributed by atoms with Crippen LogP contribution in [-0.2, 0) is 6.18 Å². The van der Waals surface area contributed by atoms with Crippen molar-refractivity contribution >= 4 is 0 Å². The number of aryl methyl sites for hydroxylation is 1. The molecule has 0 aliphatic heterocycles. The van der Waals surface area contributed by atoms with Gasteiger partial charge in [0, 0.05) is 0 Å². The normalized spacial score (nSPS) is 12.0. The van der Waals surface area contributed by atoms with E-state index in [4.69, 9.17) is 0 Å². The lowest BCUT2D eigenvalue weighted by Crippen LogP contribution is -2.07. The maximum atomic E-state index is 11.8. The Morgan fingerprint density at radius 2 is 1.90 bits per heavy atom. The molecule has 0 spiro atoms. The number of hydrogen-bond acceptors (Lipinski definition) is 2. The smallest absolute Gasteiger partial charge is 0.197 e. The topological polar surface area (TPSA) is 41.6 Å². The molecule has 1 aromatic rings. The molecule has 1 aromatic heterocycles. The van der Waals surface area contributed by atoms with Crippen LogP contribution in [0.4, 0.5) is 13.2 Å². The van der Waals surface area contributed by atoms with Gasteiger partial charge >= 0.3 is 6.18 Å². The van der Waals surface area contributed by atoms with Crippen molar-refractivity contribution in [3.05, 3.63) is 11.4 Å². The van der Waals surface area contributed by atoms with Crippen LogP contribution in [0, 0.1) is 6.92 Å². The Morgan fingerprint density at radius 1 is 1.30 bits per heavy atom. The molecule has 1 heterocycles. The molecule has 1 N–H and O–H groups in total. The van der Waals surface area contributed by atoms with Gasteiger partial charge in [0.15, 0.2) is 5.69 Å². The number of nitrogens with one attached hydrogen (secondary N) is 1. The minimum Gasteiger partial charge on any atom is -0.197 e.